The molecule has 0 atom stereocenters. The number of hydrogen-bond acceptors (Lipinski definition) is 4. The highest BCUT2D eigenvalue weighted by molar-refractivity contribution is 9.10. The Labute approximate surface area is 121 Å². The molecule has 3 rings (SSSR count). The third-order valence-electron chi connectivity index (χ3n) is 2.70. The molecule has 0 saturated heterocycles. The van der Waals surface area contributed by atoms with Gasteiger partial charge >= 0.3 is 5.69 Å². The number of imidazole rings is 1. The Balaban J connectivity index is 1.87. The van der Waals surface area contributed by atoms with Crippen LogP contribution in [0.5, 0.6) is 0 Å². The van der Waals surface area contributed by atoms with Gasteiger partial charge in [-0.25, -0.2) is 9.78 Å². The molecule has 0 radical (unpaired) electrons. The molecule has 0 saturated carbocycles. The van der Waals surface area contributed by atoms with Crippen molar-refractivity contribution in [2.75, 3.05) is 5.32 Å². The number of H-pyrrole nitrogens is 2. The number of aromatic nitrogens is 3. The fourth-order valence-electron chi connectivity index (χ4n) is 1.85. The number of fused-ring (bicyclic) bond motifs is 1. The molecular weight excluding hydrogens is 328 g/mol. The largest absolute Gasteiger partial charge is 0.378 e. The summed E-state index contributed by atoms with van der Waals surface area (Å²) in [5.41, 5.74) is 3.33. The Bertz CT molecular complexity index is 788. The van der Waals surface area contributed by atoms with Gasteiger partial charge < -0.3 is 15.3 Å². The second-order valence-corrected chi connectivity index (χ2v) is 5.99. The maximum Gasteiger partial charge on any atom is 0.323 e. The van der Waals surface area contributed by atoms with Crippen LogP contribution < -0.4 is 11.0 Å². The summed E-state index contributed by atoms with van der Waals surface area (Å²) in [6.07, 6.45) is 0. The lowest BCUT2D eigenvalue weighted by Crippen LogP contribution is -2.00. The fourth-order valence-corrected chi connectivity index (χ4v) is 3.04. The van der Waals surface area contributed by atoms with E-state index in [2.05, 4.69) is 36.2 Å². The average Bonchev–Trinajstić information content (AvgIpc) is 2.91. The highest BCUT2D eigenvalue weighted by Gasteiger charge is 2.06. The van der Waals surface area contributed by atoms with Crippen LogP contribution in [-0.4, -0.2) is 15.0 Å². The summed E-state index contributed by atoms with van der Waals surface area (Å²) in [6.45, 7) is 2.64. The summed E-state index contributed by atoms with van der Waals surface area (Å²) in [5.74, 6) is 0. The number of aromatic amines is 2. The van der Waals surface area contributed by atoms with Crippen molar-refractivity contribution in [2.24, 2.45) is 0 Å². The zero-order valence-corrected chi connectivity index (χ0v) is 12.5. The number of nitrogens with one attached hydrogen (secondary N) is 3. The van der Waals surface area contributed by atoms with E-state index < -0.39 is 0 Å². The Hall–Kier alpha value is -1.60. The molecule has 19 heavy (non-hydrogen) atoms. The Kier molecular flexibility index (Phi) is 3.16. The van der Waals surface area contributed by atoms with Crippen molar-refractivity contribution < 1.29 is 0 Å². The molecule has 1 aromatic carbocycles. The van der Waals surface area contributed by atoms with Gasteiger partial charge in [0.05, 0.1) is 23.3 Å². The second kappa shape index (κ2) is 4.82. The molecule has 3 aromatic rings. The Morgan fingerprint density at radius 1 is 1.37 bits per heavy atom. The summed E-state index contributed by atoms with van der Waals surface area (Å²) in [4.78, 5) is 21.1. The first-order chi connectivity index (χ1) is 9.11. The van der Waals surface area contributed by atoms with E-state index in [4.69, 9.17) is 0 Å². The normalized spacial score (nSPS) is 11.1. The number of halogens is 1. The predicted octanol–water partition coefficient (Wildman–Crippen LogP) is 3.00. The molecule has 0 aliphatic rings. The van der Waals surface area contributed by atoms with Crippen LogP contribution in [0.1, 0.15) is 10.7 Å². The van der Waals surface area contributed by atoms with E-state index >= 15 is 0 Å². The van der Waals surface area contributed by atoms with E-state index in [1.54, 1.807) is 11.3 Å². The molecule has 0 fully saturated rings. The number of anilines is 1. The number of thiazole rings is 1. The topological polar surface area (TPSA) is 73.6 Å². The van der Waals surface area contributed by atoms with Crippen LogP contribution in [0.2, 0.25) is 0 Å². The second-order valence-electron chi connectivity index (χ2n) is 4.19. The van der Waals surface area contributed by atoms with Gasteiger partial charge in [0.1, 0.15) is 5.01 Å². The van der Waals surface area contributed by atoms with E-state index in [1.165, 1.54) is 0 Å². The van der Waals surface area contributed by atoms with Gasteiger partial charge in [-0.1, -0.05) is 0 Å². The summed E-state index contributed by atoms with van der Waals surface area (Å²) in [5, 5.41) is 6.37. The lowest BCUT2D eigenvalue weighted by Gasteiger charge is -2.07. The SMILES string of the molecule is Cc1csc(CNc2cc3[nH]c(=O)[nH]c3cc2Br)n1. The molecule has 0 spiro atoms. The van der Waals surface area contributed by atoms with Crippen LogP contribution >= 0.6 is 27.3 Å². The minimum Gasteiger partial charge on any atom is -0.378 e. The molecular formula is C12H11BrN4OS. The van der Waals surface area contributed by atoms with Crippen LogP contribution in [0.15, 0.2) is 26.8 Å². The first-order valence-electron chi connectivity index (χ1n) is 5.68. The van der Waals surface area contributed by atoms with Crippen molar-refractivity contribution in [3.8, 4) is 0 Å². The van der Waals surface area contributed by atoms with Crippen molar-refractivity contribution >= 4 is 44.0 Å². The number of aryl methyl sites for hydroxylation is 1. The number of hydrogen-bond donors (Lipinski definition) is 3. The third kappa shape index (κ3) is 2.57. The molecule has 0 unspecified atom stereocenters. The maximum absolute atomic E-state index is 11.2. The molecule has 98 valence electrons. The van der Waals surface area contributed by atoms with Crippen LogP contribution in [0.25, 0.3) is 11.0 Å². The monoisotopic (exact) mass is 338 g/mol. The maximum atomic E-state index is 11.2. The quantitative estimate of drug-likeness (QED) is 0.687. The Morgan fingerprint density at radius 2 is 2.11 bits per heavy atom. The van der Waals surface area contributed by atoms with E-state index in [-0.39, 0.29) is 5.69 Å². The number of rotatable bonds is 3. The van der Waals surface area contributed by atoms with Crippen LogP contribution in [0.3, 0.4) is 0 Å². The van der Waals surface area contributed by atoms with E-state index in [0.717, 1.165) is 31.9 Å². The highest BCUT2D eigenvalue weighted by atomic mass is 79.9. The molecule has 2 heterocycles. The minimum atomic E-state index is -0.199. The molecule has 0 aliphatic heterocycles. The van der Waals surface area contributed by atoms with Crippen molar-refractivity contribution in [1.29, 1.82) is 0 Å². The van der Waals surface area contributed by atoms with Crippen molar-refractivity contribution in [2.45, 2.75) is 13.5 Å². The van der Waals surface area contributed by atoms with Crippen molar-refractivity contribution in [3.63, 3.8) is 0 Å². The minimum absolute atomic E-state index is 0.199. The summed E-state index contributed by atoms with van der Waals surface area (Å²) < 4.78 is 0.906. The van der Waals surface area contributed by atoms with Crippen LogP contribution in [-0.2, 0) is 6.54 Å². The van der Waals surface area contributed by atoms with E-state index in [0.29, 0.717) is 6.54 Å². The van der Waals surface area contributed by atoms with Gasteiger partial charge in [-0.15, -0.1) is 11.3 Å². The van der Waals surface area contributed by atoms with Gasteiger partial charge in [-0.05, 0) is 35.0 Å². The summed E-state index contributed by atoms with van der Waals surface area (Å²) in [6, 6.07) is 3.78. The average molecular weight is 339 g/mol. The molecule has 5 nitrogen and oxygen atoms in total. The Morgan fingerprint density at radius 3 is 2.79 bits per heavy atom. The predicted molar refractivity (Wildman–Crippen MR) is 80.8 cm³/mol. The molecule has 0 bridgehead atoms. The van der Waals surface area contributed by atoms with Gasteiger partial charge in [0.25, 0.3) is 0 Å². The van der Waals surface area contributed by atoms with Crippen molar-refractivity contribution in [1.82, 2.24) is 15.0 Å². The van der Waals surface area contributed by atoms with Gasteiger partial charge in [0, 0.05) is 15.5 Å². The molecule has 0 amide bonds. The fraction of sp³-hybridized carbons (Fsp3) is 0.167. The number of nitrogens with zero attached hydrogens (tertiary/aromatic N) is 1. The van der Waals surface area contributed by atoms with Crippen LogP contribution in [0, 0.1) is 6.92 Å². The van der Waals surface area contributed by atoms with Gasteiger partial charge in [0.2, 0.25) is 0 Å². The molecule has 2 aromatic heterocycles. The molecule has 0 aliphatic carbocycles. The van der Waals surface area contributed by atoms with Gasteiger partial charge in [-0.2, -0.15) is 0 Å². The van der Waals surface area contributed by atoms with Gasteiger partial charge in [-0.3, -0.25) is 0 Å². The lowest BCUT2D eigenvalue weighted by molar-refractivity contribution is 1.07. The van der Waals surface area contributed by atoms with E-state index in [9.17, 15) is 4.79 Å². The smallest absolute Gasteiger partial charge is 0.323 e. The zero-order valence-electron chi connectivity index (χ0n) is 10.1. The molecule has 7 heteroatoms. The molecule has 3 N–H and O–H groups in total. The third-order valence-corrected chi connectivity index (χ3v) is 4.32. The van der Waals surface area contributed by atoms with E-state index in [1.807, 2.05) is 24.4 Å². The highest BCUT2D eigenvalue weighted by Crippen LogP contribution is 2.27. The summed E-state index contributed by atoms with van der Waals surface area (Å²) >= 11 is 5.12. The lowest BCUT2D eigenvalue weighted by atomic mass is 10.3. The standard InChI is InChI=1S/C12H11BrN4OS/c1-6-5-19-11(15-6)4-14-8-3-10-9(2-7(8)13)16-12(18)17-10/h2-3,5,14H,4H2,1H3,(H2,16,17,18). The first-order valence-corrected chi connectivity index (χ1v) is 7.35. The van der Waals surface area contributed by atoms with Crippen molar-refractivity contribution in [3.05, 3.63) is 43.2 Å². The van der Waals surface area contributed by atoms with Crippen LogP contribution in [0.4, 0.5) is 5.69 Å². The zero-order chi connectivity index (χ0) is 13.4. The van der Waals surface area contributed by atoms with Gasteiger partial charge in [0.15, 0.2) is 0 Å². The first kappa shape index (κ1) is 12.4. The number of benzene rings is 1. The summed E-state index contributed by atoms with van der Waals surface area (Å²) in [7, 11) is 0.